The second-order valence-corrected chi connectivity index (χ2v) is 6.91. The summed E-state index contributed by atoms with van der Waals surface area (Å²) in [6.07, 6.45) is 5.52. The van der Waals surface area contributed by atoms with Gasteiger partial charge < -0.3 is 19.1 Å². The van der Waals surface area contributed by atoms with Crippen LogP contribution >= 0.6 is 0 Å². The summed E-state index contributed by atoms with van der Waals surface area (Å²) >= 11 is 0. The number of para-hydroxylation sites is 2. The van der Waals surface area contributed by atoms with Gasteiger partial charge in [0.05, 0.1) is 12.8 Å². The third-order valence-corrected chi connectivity index (χ3v) is 5.23. The van der Waals surface area contributed by atoms with Gasteiger partial charge >= 0.3 is 0 Å². The van der Waals surface area contributed by atoms with Crippen LogP contribution in [0.2, 0.25) is 0 Å². The van der Waals surface area contributed by atoms with Crippen molar-refractivity contribution in [1.29, 1.82) is 0 Å². The lowest BCUT2D eigenvalue weighted by atomic mass is 10.1. The number of nitrogens with zero attached hydrogens (tertiary/aromatic N) is 4. The Kier molecular flexibility index (Phi) is 5.02. The van der Waals surface area contributed by atoms with Crippen LogP contribution in [0.4, 0.5) is 5.69 Å². The smallest absolute Gasteiger partial charge is 0.270 e. The fourth-order valence-electron chi connectivity index (χ4n) is 3.68. The molecule has 0 atom stereocenters. The number of hydrogen-bond donors (Lipinski definition) is 0. The number of piperazine rings is 1. The van der Waals surface area contributed by atoms with Crippen LogP contribution < -0.4 is 9.64 Å². The molecule has 1 fully saturated rings. The van der Waals surface area contributed by atoms with Crippen molar-refractivity contribution in [1.82, 2.24) is 14.5 Å². The summed E-state index contributed by atoms with van der Waals surface area (Å²) in [4.78, 5) is 21.3. The lowest BCUT2D eigenvalue weighted by Gasteiger charge is -2.36. The summed E-state index contributed by atoms with van der Waals surface area (Å²) in [5, 5.41) is 0. The van der Waals surface area contributed by atoms with Gasteiger partial charge in [-0.3, -0.25) is 9.78 Å². The Morgan fingerprint density at radius 1 is 1.00 bits per heavy atom. The Labute approximate surface area is 165 Å². The molecule has 144 valence electrons. The summed E-state index contributed by atoms with van der Waals surface area (Å²) in [7, 11) is 3.61. The topological polar surface area (TPSA) is 50.6 Å². The second-order valence-electron chi connectivity index (χ2n) is 6.91. The standard InChI is InChI=1S/C22H24N4O2/c1-24-16-18(17-7-9-23-10-8-17)15-20(24)22(27)26-13-11-25(12-14-26)19-5-3-4-6-21(19)28-2/h3-10,15-16H,11-14H2,1-2H3. The summed E-state index contributed by atoms with van der Waals surface area (Å²) in [5.74, 6) is 0.939. The molecule has 1 aromatic carbocycles. The van der Waals surface area contributed by atoms with Gasteiger partial charge in [-0.1, -0.05) is 12.1 Å². The Morgan fingerprint density at radius 3 is 2.43 bits per heavy atom. The van der Waals surface area contributed by atoms with Crippen molar-refractivity contribution in [3.63, 3.8) is 0 Å². The van der Waals surface area contributed by atoms with Crippen molar-refractivity contribution in [3.8, 4) is 16.9 Å². The van der Waals surface area contributed by atoms with Gasteiger partial charge in [-0.2, -0.15) is 0 Å². The van der Waals surface area contributed by atoms with E-state index >= 15 is 0 Å². The van der Waals surface area contributed by atoms with E-state index in [2.05, 4.69) is 16.0 Å². The predicted molar refractivity (Wildman–Crippen MR) is 110 cm³/mol. The van der Waals surface area contributed by atoms with Crippen LogP contribution in [-0.4, -0.2) is 53.6 Å². The largest absolute Gasteiger partial charge is 0.495 e. The number of ether oxygens (including phenoxy) is 1. The maximum Gasteiger partial charge on any atom is 0.270 e. The van der Waals surface area contributed by atoms with E-state index in [9.17, 15) is 4.79 Å². The van der Waals surface area contributed by atoms with Gasteiger partial charge in [0.2, 0.25) is 0 Å². The number of carbonyl (C=O) groups is 1. The Morgan fingerprint density at radius 2 is 1.71 bits per heavy atom. The first-order valence-corrected chi connectivity index (χ1v) is 9.41. The van der Waals surface area contributed by atoms with Crippen LogP contribution in [0.15, 0.2) is 61.1 Å². The second kappa shape index (κ2) is 7.76. The third kappa shape index (κ3) is 3.45. The van der Waals surface area contributed by atoms with Crippen molar-refractivity contribution in [2.24, 2.45) is 7.05 Å². The zero-order chi connectivity index (χ0) is 19.5. The number of hydrogen-bond acceptors (Lipinski definition) is 4. The Balaban J connectivity index is 1.47. The SMILES string of the molecule is COc1ccccc1N1CCN(C(=O)c2cc(-c3ccncc3)cn2C)CC1. The lowest BCUT2D eigenvalue weighted by molar-refractivity contribution is 0.0737. The van der Waals surface area contributed by atoms with Crippen LogP contribution in [-0.2, 0) is 7.05 Å². The molecule has 0 N–H and O–H groups in total. The van der Waals surface area contributed by atoms with E-state index in [1.807, 2.05) is 59.1 Å². The number of pyridine rings is 1. The lowest BCUT2D eigenvalue weighted by Crippen LogP contribution is -2.49. The molecule has 1 amide bonds. The number of rotatable bonds is 4. The molecule has 3 heterocycles. The monoisotopic (exact) mass is 376 g/mol. The predicted octanol–water partition coefficient (Wildman–Crippen LogP) is 3.06. The maximum atomic E-state index is 13.1. The van der Waals surface area contributed by atoms with E-state index in [1.54, 1.807) is 19.5 Å². The number of benzene rings is 1. The molecule has 28 heavy (non-hydrogen) atoms. The molecule has 0 radical (unpaired) electrons. The van der Waals surface area contributed by atoms with Gasteiger partial charge in [0, 0.05) is 57.4 Å². The van der Waals surface area contributed by atoms with Gasteiger partial charge in [-0.25, -0.2) is 0 Å². The van der Waals surface area contributed by atoms with Gasteiger partial charge in [0.25, 0.3) is 5.91 Å². The minimum atomic E-state index is 0.0717. The fourth-order valence-corrected chi connectivity index (χ4v) is 3.68. The molecule has 0 aliphatic carbocycles. The van der Waals surface area contributed by atoms with Crippen LogP contribution in [0, 0.1) is 0 Å². The average molecular weight is 376 g/mol. The van der Waals surface area contributed by atoms with Crippen LogP contribution in [0.1, 0.15) is 10.5 Å². The molecule has 0 unspecified atom stereocenters. The number of aromatic nitrogens is 2. The molecule has 0 bridgehead atoms. The number of aryl methyl sites for hydroxylation is 1. The van der Waals surface area contributed by atoms with E-state index in [0.717, 1.165) is 35.7 Å². The molecule has 1 aliphatic heterocycles. The van der Waals surface area contributed by atoms with Crippen LogP contribution in [0.3, 0.4) is 0 Å². The first-order valence-electron chi connectivity index (χ1n) is 9.41. The first kappa shape index (κ1) is 18.1. The van der Waals surface area contributed by atoms with E-state index in [1.165, 1.54) is 0 Å². The van der Waals surface area contributed by atoms with Crippen molar-refractivity contribution in [2.75, 3.05) is 38.2 Å². The fraction of sp³-hybridized carbons (Fsp3) is 0.273. The molecule has 4 rings (SSSR count). The van der Waals surface area contributed by atoms with Crippen molar-refractivity contribution in [2.45, 2.75) is 0 Å². The van der Waals surface area contributed by atoms with Crippen LogP contribution in [0.25, 0.3) is 11.1 Å². The number of amides is 1. The highest BCUT2D eigenvalue weighted by Gasteiger charge is 2.25. The molecule has 3 aromatic rings. The Hall–Kier alpha value is -3.28. The minimum Gasteiger partial charge on any atom is -0.495 e. The molecular formula is C22H24N4O2. The van der Waals surface area contributed by atoms with Gasteiger partial charge in [0.1, 0.15) is 11.4 Å². The number of carbonyl (C=O) groups excluding carboxylic acids is 1. The summed E-state index contributed by atoms with van der Waals surface area (Å²) < 4.78 is 7.38. The molecular weight excluding hydrogens is 352 g/mol. The summed E-state index contributed by atoms with van der Waals surface area (Å²) in [6.45, 7) is 2.95. The van der Waals surface area contributed by atoms with Gasteiger partial charge in [0.15, 0.2) is 0 Å². The molecule has 6 nitrogen and oxygen atoms in total. The van der Waals surface area contributed by atoms with Gasteiger partial charge in [-0.05, 0) is 35.9 Å². The van der Waals surface area contributed by atoms with Gasteiger partial charge in [-0.15, -0.1) is 0 Å². The maximum absolute atomic E-state index is 13.1. The summed E-state index contributed by atoms with van der Waals surface area (Å²) in [6, 6.07) is 13.9. The van der Waals surface area contributed by atoms with Crippen LogP contribution in [0.5, 0.6) is 5.75 Å². The highest BCUT2D eigenvalue weighted by atomic mass is 16.5. The molecule has 2 aromatic heterocycles. The van der Waals surface area contributed by atoms with Crippen molar-refractivity contribution in [3.05, 3.63) is 66.7 Å². The molecule has 1 saturated heterocycles. The molecule has 1 aliphatic rings. The van der Waals surface area contributed by atoms with E-state index in [-0.39, 0.29) is 5.91 Å². The normalized spacial score (nSPS) is 14.2. The van der Waals surface area contributed by atoms with E-state index in [0.29, 0.717) is 18.8 Å². The van der Waals surface area contributed by atoms with E-state index in [4.69, 9.17) is 4.74 Å². The third-order valence-electron chi connectivity index (χ3n) is 5.23. The summed E-state index contributed by atoms with van der Waals surface area (Å²) in [5.41, 5.74) is 3.88. The molecule has 0 spiro atoms. The minimum absolute atomic E-state index is 0.0717. The van der Waals surface area contributed by atoms with Crippen molar-refractivity contribution >= 4 is 11.6 Å². The quantitative estimate of drug-likeness (QED) is 0.702. The highest BCUT2D eigenvalue weighted by molar-refractivity contribution is 5.94. The van der Waals surface area contributed by atoms with E-state index < -0.39 is 0 Å². The highest BCUT2D eigenvalue weighted by Crippen LogP contribution is 2.29. The zero-order valence-corrected chi connectivity index (χ0v) is 16.2. The average Bonchev–Trinajstić information content (AvgIpc) is 3.15. The molecule has 0 saturated carbocycles. The zero-order valence-electron chi connectivity index (χ0n) is 16.2. The number of anilines is 1. The molecule has 6 heteroatoms. The number of methoxy groups -OCH3 is 1. The Bertz CT molecular complexity index is 960. The first-order chi connectivity index (χ1) is 13.7. The van der Waals surface area contributed by atoms with Crippen molar-refractivity contribution < 1.29 is 9.53 Å².